The van der Waals surface area contributed by atoms with Crippen LogP contribution in [0.4, 0.5) is 0 Å². The summed E-state index contributed by atoms with van der Waals surface area (Å²) < 4.78 is 21.0. The van der Waals surface area contributed by atoms with Gasteiger partial charge in [0.1, 0.15) is 25.1 Å². The summed E-state index contributed by atoms with van der Waals surface area (Å²) in [6.07, 6.45) is 20.2. The van der Waals surface area contributed by atoms with Gasteiger partial charge in [0.05, 0.1) is 0 Å². The van der Waals surface area contributed by atoms with Crippen molar-refractivity contribution in [2.24, 2.45) is 0 Å². The molecule has 24 heavy (non-hydrogen) atoms. The standard InChI is InChI=1S/C20H18O4/c1-5-13-21-18(7-3)15-17-9-11-19(12-10-17)23-16-24-20(8-4)22-14-6-2/h1-4,9-12,18,20H,13-16H2. The molecule has 0 spiro atoms. The number of terminal acetylenes is 4. The summed E-state index contributed by atoms with van der Waals surface area (Å²) in [7, 11) is 0. The van der Waals surface area contributed by atoms with Crippen molar-refractivity contribution in [1.82, 2.24) is 0 Å². The maximum atomic E-state index is 5.42. The van der Waals surface area contributed by atoms with Gasteiger partial charge in [0.25, 0.3) is 0 Å². The van der Waals surface area contributed by atoms with Crippen molar-refractivity contribution in [2.45, 2.75) is 18.8 Å². The Morgan fingerprint density at radius 1 is 0.833 bits per heavy atom. The largest absolute Gasteiger partial charge is 0.467 e. The second kappa shape index (κ2) is 11.7. The van der Waals surface area contributed by atoms with E-state index in [1.165, 1.54) is 0 Å². The van der Waals surface area contributed by atoms with Gasteiger partial charge in [-0.3, -0.25) is 0 Å². The van der Waals surface area contributed by atoms with Crippen molar-refractivity contribution in [3.8, 4) is 55.1 Å². The molecule has 1 rings (SSSR count). The maximum absolute atomic E-state index is 5.42. The summed E-state index contributed by atoms with van der Waals surface area (Å²) in [5.41, 5.74) is 1.00. The van der Waals surface area contributed by atoms with Crippen molar-refractivity contribution in [1.29, 1.82) is 0 Å². The lowest BCUT2D eigenvalue weighted by atomic mass is 10.1. The smallest absolute Gasteiger partial charge is 0.226 e. The molecule has 1 aromatic rings. The molecule has 0 amide bonds. The molecule has 2 atom stereocenters. The van der Waals surface area contributed by atoms with Gasteiger partial charge >= 0.3 is 0 Å². The monoisotopic (exact) mass is 322 g/mol. The predicted octanol–water partition coefficient (Wildman–Crippen LogP) is 1.84. The third-order valence-corrected chi connectivity index (χ3v) is 2.80. The van der Waals surface area contributed by atoms with Crippen LogP contribution in [0.2, 0.25) is 0 Å². The van der Waals surface area contributed by atoms with Crippen LogP contribution >= 0.6 is 0 Å². The highest BCUT2D eigenvalue weighted by Gasteiger charge is 2.07. The summed E-state index contributed by atoms with van der Waals surface area (Å²) in [5, 5.41) is 0. The molecule has 0 radical (unpaired) electrons. The Morgan fingerprint density at radius 3 is 2.08 bits per heavy atom. The van der Waals surface area contributed by atoms with Crippen LogP contribution in [0.15, 0.2) is 24.3 Å². The van der Waals surface area contributed by atoms with E-state index in [9.17, 15) is 0 Å². The van der Waals surface area contributed by atoms with E-state index in [1.54, 1.807) is 12.1 Å². The number of benzene rings is 1. The first-order valence-electron chi connectivity index (χ1n) is 7.09. The van der Waals surface area contributed by atoms with Crippen LogP contribution in [0.25, 0.3) is 0 Å². The molecular weight excluding hydrogens is 304 g/mol. The van der Waals surface area contributed by atoms with Crippen molar-refractivity contribution in [2.75, 3.05) is 20.0 Å². The summed E-state index contributed by atoms with van der Waals surface area (Å²) in [6.45, 7) is 0.199. The van der Waals surface area contributed by atoms with E-state index in [0.717, 1.165) is 5.56 Å². The minimum absolute atomic E-state index is 0.0585. The van der Waals surface area contributed by atoms with Crippen molar-refractivity contribution >= 4 is 0 Å². The van der Waals surface area contributed by atoms with Gasteiger partial charge in [-0.15, -0.1) is 25.7 Å². The molecule has 0 saturated heterocycles. The Bertz CT molecular complexity index is 649. The number of rotatable bonds is 10. The van der Waals surface area contributed by atoms with Crippen LogP contribution in [0, 0.1) is 49.4 Å². The van der Waals surface area contributed by atoms with Crippen LogP contribution in [-0.2, 0) is 20.6 Å². The third-order valence-electron chi connectivity index (χ3n) is 2.80. The second-order valence-electron chi connectivity index (χ2n) is 4.46. The molecule has 0 aliphatic heterocycles. The molecule has 0 heterocycles. The molecule has 0 aliphatic carbocycles. The normalized spacial score (nSPS) is 12.0. The molecule has 0 aromatic heterocycles. The van der Waals surface area contributed by atoms with E-state index in [4.69, 9.17) is 44.6 Å². The maximum Gasteiger partial charge on any atom is 0.226 e. The quantitative estimate of drug-likeness (QED) is 0.487. The second-order valence-corrected chi connectivity index (χ2v) is 4.46. The molecule has 122 valence electrons. The van der Waals surface area contributed by atoms with E-state index in [-0.39, 0.29) is 26.1 Å². The Balaban J connectivity index is 2.42. The minimum Gasteiger partial charge on any atom is -0.467 e. The summed E-state index contributed by atoms with van der Waals surface area (Å²) in [6, 6.07) is 7.35. The van der Waals surface area contributed by atoms with Gasteiger partial charge in [0, 0.05) is 6.42 Å². The summed E-state index contributed by atoms with van der Waals surface area (Å²) >= 11 is 0. The van der Waals surface area contributed by atoms with E-state index >= 15 is 0 Å². The highest BCUT2D eigenvalue weighted by Crippen LogP contribution is 2.14. The Morgan fingerprint density at radius 2 is 1.50 bits per heavy atom. The van der Waals surface area contributed by atoms with Gasteiger partial charge in [-0.25, -0.2) is 0 Å². The zero-order chi connectivity index (χ0) is 17.6. The highest BCUT2D eigenvalue weighted by molar-refractivity contribution is 5.28. The number of ether oxygens (including phenoxy) is 4. The molecule has 2 unspecified atom stereocenters. The van der Waals surface area contributed by atoms with Crippen LogP contribution in [0.3, 0.4) is 0 Å². The van der Waals surface area contributed by atoms with Crippen LogP contribution < -0.4 is 4.74 Å². The van der Waals surface area contributed by atoms with E-state index in [2.05, 4.69) is 23.7 Å². The number of hydrogen-bond acceptors (Lipinski definition) is 4. The predicted molar refractivity (Wildman–Crippen MR) is 91.5 cm³/mol. The van der Waals surface area contributed by atoms with Crippen molar-refractivity contribution in [3.63, 3.8) is 0 Å². The van der Waals surface area contributed by atoms with Crippen molar-refractivity contribution in [3.05, 3.63) is 29.8 Å². The fourth-order valence-electron chi connectivity index (χ4n) is 1.68. The summed E-state index contributed by atoms with van der Waals surface area (Å²) in [5.74, 6) is 10.2. The van der Waals surface area contributed by atoms with Gasteiger partial charge in [-0.1, -0.05) is 29.9 Å². The topological polar surface area (TPSA) is 36.9 Å². The highest BCUT2D eigenvalue weighted by atomic mass is 16.7. The van der Waals surface area contributed by atoms with Gasteiger partial charge in [-0.05, 0) is 23.6 Å². The molecule has 0 aliphatic rings. The first-order valence-corrected chi connectivity index (χ1v) is 7.09. The van der Waals surface area contributed by atoms with Gasteiger partial charge in [0.2, 0.25) is 6.29 Å². The molecule has 4 nitrogen and oxygen atoms in total. The molecule has 4 heteroatoms. The molecular formula is C20H18O4. The first kappa shape index (κ1) is 19.2. The molecule has 0 saturated carbocycles. The lowest BCUT2D eigenvalue weighted by Crippen LogP contribution is -2.18. The zero-order valence-electron chi connectivity index (χ0n) is 13.2. The molecule has 1 aromatic carbocycles. The molecule has 0 N–H and O–H groups in total. The Kier molecular flexibility index (Phi) is 9.33. The van der Waals surface area contributed by atoms with Gasteiger partial charge in [-0.2, -0.15) is 0 Å². The SMILES string of the molecule is C#CCOC(C#C)Cc1ccc(OCOC(C#C)OCC#C)cc1. The minimum atomic E-state index is -0.843. The number of hydrogen-bond donors (Lipinski definition) is 0. The van der Waals surface area contributed by atoms with Crippen molar-refractivity contribution < 1.29 is 18.9 Å². The Hall–Kier alpha value is -2.86. The van der Waals surface area contributed by atoms with E-state index < -0.39 is 6.29 Å². The average molecular weight is 322 g/mol. The van der Waals surface area contributed by atoms with E-state index in [1.807, 2.05) is 12.1 Å². The first-order chi connectivity index (χ1) is 11.7. The average Bonchev–Trinajstić information content (AvgIpc) is 2.62. The third kappa shape index (κ3) is 7.42. The van der Waals surface area contributed by atoms with Crippen LogP contribution in [0.1, 0.15) is 5.56 Å². The summed E-state index contributed by atoms with van der Waals surface area (Å²) in [4.78, 5) is 0. The van der Waals surface area contributed by atoms with Gasteiger partial charge < -0.3 is 18.9 Å². The van der Waals surface area contributed by atoms with Crippen LogP contribution in [0.5, 0.6) is 5.75 Å². The lowest BCUT2D eigenvalue weighted by molar-refractivity contribution is -0.135. The lowest BCUT2D eigenvalue weighted by Gasteiger charge is -2.13. The molecule has 0 fully saturated rings. The molecule has 0 bridgehead atoms. The van der Waals surface area contributed by atoms with Crippen LogP contribution in [-0.4, -0.2) is 32.4 Å². The Labute approximate surface area is 143 Å². The van der Waals surface area contributed by atoms with Gasteiger partial charge in [0.15, 0.2) is 6.79 Å². The fraction of sp³-hybridized carbons (Fsp3) is 0.300. The zero-order valence-corrected chi connectivity index (χ0v) is 13.2. The van der Waals surface area contributed by atoms with E-state index in [0.29, 0.717) is 12.2 Å². The fourth-order valence-corrected chi connectivity index (χ4v) is 1.68.